The molecular formula is C20H22N4O. The van der Waals surface area contributed by atoms with Crippen molar-refractivity contribution in [3.63, 3.8) is 0 Å². The van der Waals surface area contributed by atoms with Crippen LogP contribution in [-0.4, -0.2) is 28.0 Å². The molecule has 1 atom stereocenters. The van der Waals surface area contributed by atoms with Gasteiger partial charge in [0.05, 0.1) is 11.0 Å². The van der Waals surface area contributed by atoms with Gasteiger partial charge in [0, 0.05) is 18.2 Å². The van der Waals surface area contributed by atoms with Crippen molar-refractivity contribution in [1.82, 2.24) is 14.9 Å². The van der Waals surface area contributed by atoms with E-state index in [0.717, 1.165) is 36.1 Å². The third kappa shape index (κ3) is 3.28. The van der Waals surface area contributed by atoms with Gasteiger partial charge in [0.2, 0.25) is 5.95 Å². The Kier molecular flexibility index (Phi) is 4.24. The number of fused-ring (bicyclic) bond motifs is 1. The van der Waals surface area contributed by atoms with E-state index in [9.17, 15) is 4.79 Å². The highest BCUT2D eigenvalue weighted by atomic mass is 16.1. The Balaban J connectivity index is 1.66. The van der Waals surface area contributed by atoms with E-state index in [1.807, 2.05) is 49.4 Å². The molecule has 0 aliphatic carbocycles. The van der Waals surface area contributed by atoms with Gasteiger partial charge in [0.25, 0.3) is 5.91 Å². The van der Waals surface area contributed by atoms with Crippen LogP contribution in [0.3, 0.4) is 0 Å². The number of rotatable bonds is 4. The molecule has 3 aromatic rings. The number of nitrogens with zero attached hydrogens (tertiary/aromatic N) is 2. The van der Waals surface area contributed by atoms with Crippen LogP contribution in [0, 0.1) is 6.92 Å². The summed E-state index contributed by atoms with van der Waals surface area (Å²) in [5.74, 6) is 0.487. The SMILES string of the molecule is Cc1cccc(C(=O)Nc2nc3ccccc3n2C[C@H]2CCCN2)c1. The number of aromatic nitrogens is 2. The highest BCUT2D eigenvalue weighted by Gasteiger charge is 2.20. The van der Waals surface area contributed by atoms with E-state index < -0.39 is 0 Å². The fourth-order valence-electron chi connectivity index (χ4n) is 3.45. The number of hydrogen-bond acceptors (Lipinski definition) is 3. The number of aryl methyl sites for hydroxylation is 1. The summed E-state index contributed by atoms with van der Waals surface area (Å²) in [5, 5.41) is 6.52. The second-order valence-electron chi connectivity index (χ2n) is 6.65. The third-order valence-corrected chi connectivity index (χ3v) is 4.73. The van der Waals surface area contributed by atoms with Crippen LogP contribution in [-0.2, 0) is 6.54 Å². The summed E-state index contributed by atoms with van der Waals surface area (Å²) < 4.78 is 2.12. The molecule has 5 nitrogen and oxygen atoms in total. The summed E-state index contributed by atoms with van der Waals surface area (Å²) in [6.45, 7) is 3.85. The lowest BCUT2D eigenvalue weighted by Crippen LogP contribution is -2.28. The fourth-order valence-corrected chi connectivity index (χ4v) is 3.45. The summed E-state index contributed by atoms with van der Waals surface area (Å²) in [6, 6.07) is 16.0. The van der Waals surface area contributed by atoms with Crippen molar-refractivity contribution in [3.8, 4) is 0 Å². The lowest BCUT2D eigenvalue weighted by molar-refractivity contribution is 0.102. The van der Waals surface area contributed by atoms with Crippen molar-refractivity contribution in [2.75, 3.05) is 11.9 Å². The minimum absolute atomic E-state index is 0.125. The van der Waals surface area contributed by atoms with Crippen molar-refractivity contribution in [2.45, 2.75) is 32.4 Å². The van der Waals surface area contributed by atoms with Gasteiger partial charge < -0.3 is 9.88 Å². The van der Waals surface area contributed by atoms with Crippen molar-refractivity contribution < 1.29 is 4.79 Å². The first-order chi connectivity index (χ1) is 12.2. The smallest absolute Gasteiger partial charge is 0.257 e. The second-order valence-corrected chi connectivity index (χ2v) is 6.65. The highest BCUT2D eigenvalue weighted by Crippen LogP contribution is 2.22. The molecule has 128 valence electrons. The Morgan fingerprint density at radius 1 is 1.28 bits per heavy atom. The lowest BCUT2D eigenvalue weighted by Gasteiger charge is -2.15. The normalized spacial score (nSPS) is 17.1. The zero-order valence-electron chi connectivity index (χ0n) is 14.3. The molecule has 2 heterocycles. The number of imidazole rings is 1. The maximum atomic E-state index is 12.7. The molecule has 1 saturated heterocycles. The van der Waals surface area contributed by atoms with E-state index in [0.29, 0.717) is 17.6 Å². The molecule has 1 aromatic heterocycles. The summed E-state index contributed by atoms with van der Waals surface area (Å²) in [4.78, 5) is 17.3. The summed E-state index contributed by atoms with van der Waals surface area (Å²) >= 11 is 0. The van der Waals surface area contributed by atoms with Crippen LogP contribution < -0.4 is 10.6 Å². The average Bonchev–Trinajstić information content (AvgIpc) is 3.24. The molecule has 0 spiro atoms. The summed E-state index contributed by atoms with van der Waals surface area (Å²) in [5.41, 5.74) is 3.67. The van der Waals surface area contributed by atoms with Gasteiger partial charge in [-0.2, -0.15) is 0 Å². The Labute approximate surface area is 147 Å². The van der Waals surface area contributed by atoms with Crippen LogP contribution in [0.15, 0.2) is 48.5 Å². The van der Waals surface area contributed by atoms with Crippen LogP contribution in [0.2, 0.25) is 0 Å². The van der Waals surface area contributed by atoms with Gasteiger partial charge in [0.15, 0.2) is 0 Å². The molecule has 0 saturated carbocycles. The number of carbonyl (C=O) groups is 1. The highest BCUT2D eigenvalue weighted by molar-refractivity contribution is 6.04. The quantitative estimate of drug-likeness (QED) is 0.769. The van der Waals surface area contributed by atoms with Gasteiger partial charge in [-0.1, -0.05) is 29.8 Å². The first kappa shape index (κ1) is 15.8. The molecule has 25 heavy (non-hydrogen) atoms. The van der Waals surface area contributed by atoms with Crippen LogP contribution in [0.5, 0.6) is 0 Å². The molecule has 1 amide bonds. The predicted molar refractivity (Wildman–Crippen MR) is 99.9 cm³/mol. The Morgan fingerprint density at radius 2 is 2.16 bits per heavy atom. The number of para-hydroxylation sites is 2. The Bertz CT molecular complexity index is 909. The van der Waals surface area contributed by atoms with Gasteiger partial charge in [-0.3, -0.25) is 10.1 Å². The van der Waals surface area contributed by atoms with Gasteiger partial charge in [0.1, 0.15) is 0 Å². The maximum absolute atomic E-state index is 12.7. The standard InChI is InChI=1S/C20H22N4O/c1-14-6-4-7-15(12-14)19(25)23-20-22-17-9-2-3-10-18(17)24(20)13-16-8-5-11-21-16/h2-4,6-7,9-10,12,16,21H,5,8,11,13H2,1H3,(H,22,23,25)/t16-/m1/s1. The zero-order valence-corrected chi connectivity index (χ0v) is 14.3. The number of hydrogen-bond donors (Lipinski definition) is 2. The van der Waals surface area contributed by atoms with E-state index in [4.69, 9.17) is 0 Å². The second kappa shape index (κ2) is 6.69. The average molecular weight is 334 g/mol. The number of anilines is 1. The van der Waals surface area contributed by atoms with E-state index in [2.05, 4.69) is 26.3 Å². The number of benzene rings is 2. The molecule has 4 rings (SSSR count). The first-order valence-electron chi connectivity index (χ1n) is 8.77. The molecule has 0 bridgehead atoms. The Hall–Kier alpha value is -2.66. The molecule has 1 fully saturated rings. The zero-order chi connectivity index (χ0) is 17.2. The molecule has 1 aliphatic rings. The van der Waals surface area contributed by atoms with Crippen molar-refractivity contribution in [1.29, 1.82) is 0 Å². The van der Waals surface area contributed by atoms with E-state index in [-0.39, 0.29) is 5.91 Å². The molecule has 5 heteroatoms. The molecule has 1 aliphatic heterocycles. The number of carbonyl (C=O) groups excluding carboxylic acids is 1. The summed E-state index contributed by atoms with van der Waals surface area (Å²) in [6.07, 6.45) is 2.35. The molecule has 0 unspecified atom stereocenters. The minimum atomic E-state index is -0.125. The van der Waals surface area contributed by atoms with Crippen molar-refractivity contribution >= 4 is 22.9 Å². The van der Waals surface area contributed by atoms with E-state index in [1.54, 1.807) is 0 Å². The minimum Gasteiger partial charge on any atom is -0.312 e. The lowest BCUT2D eigenvalue weighted by atomic mass is 10.1. The van der Waals surface area contributed by atoms with Gasteiger partial charge in [-0.25, -0.2) is 4.98 Å². The Morgan fingerprint density at radius 3 is 2.96 bits per heavy atom. The fraction of sp³-hybridized carbons (Fsp3) is 0.300. The topological polar surface area (TPSA) is 59.0 Å². The number of amides is 1. The molecule has 2 aromatic carbocycles. The largest absolute Gasteiger partial charge is 0.312 e. The molecular weight excluding hydrogens is 312 g/mol. The number of nitrogens with one attached hydrogen (secondary N) is 2. The first-order valence-corrected chi connectivity index (χ1v) is 8.77. The van der Waals surface area contributed by atoms with Gasteiger partial charge in [-0.15, -0.1) is 0 Å². The predicted octanol–water partition coefficient (Wildman–Crippen LogP) is 3.35. The molecule has 0 radical (unpaired) electrons. The van der Waals surface area contributed by atoms with Crippen molar-refractivity contribution in [3.05, 3.63) is 59.7 Å². The van der Waals surface area contributed by atoms with Crippen LogP contribution in [0.1, 0.15) is 28.8 Å². The van der Waals surface area contributed by atoms with Gasteiger partial charge >= 0.3 is 0 Å². The third-order valence-electron chi connectivity index (χ3n) is 4.73. The van der Waals surface area contributed by atoms with E-state index in [1.165, 1.54) is 6.42 Å². The van der Waals surface area contributed by atoms with Crippen LogP contribution in [0.4, 0.5) is 5.95 Å². The van der Waals surface area contributed by atoms with Crippen LogP contribution >= 0.6 is 0 Å². The molecule has 2 N–H and O–H groups in total. The van der Waals surface area contributed by atoms with Crippen molar-refractivity contribution in [2.24, 2.45) is 0 Å². The van der Waals surface area contributed by atoms with E-state index >= 15 is 0 Å². The monoisotopic (exact) mass is 334 g/mol. The maximum Gasteiger partial charge on any atom is 0.257 e. The van der Waals surface area contributed by atoms with Crippen LogP contribution in [0.25, 0.3) is 11.0 Å². The summed E-state index contributed by atoms with van der Waals surface area (Å²) in [7, 11) is 0. The van der Waals surface area contributed by atoms with Gasteiger partial charge in [-0.05, 0) is 50.6 Å².